The van der Waals surface area contributed by atoms with Crippen LogP contribution in [0.25, 0.3) is 0 Å². The van der Waals surface area contributed by atoms with Gasteiger partial charge >= 0.3 is 0 Å². The lowest BCUT2D eigenvalue weighted by Crippen LogP contribution is -2.42. The zero-order valence-electron chi connectivity index (χ0n) is 12.0. The normalized spacial score (nSPS) is 12.3. The Labute approximate surface area is 112 Å². The van der Waals surface area contributed by atoms with Crippen LogP contribution in [-0.2, 0) is 0 Å². The van der Waals surface area contributed by atoms with E-state index in [0.717, 1.165) is 26.2 Å². The average molecular weight is 260 g/mol. The fraction of sp³-hybridized carbons (Fsp3) is 1.00. The van der Waals surface area contributed by atoms with E-state index >= 15 is 0 Å². The molecule has 0 aromatic heterocycles. The molecule has 110 valence electrons. The summed E-state index contributed by atoms with van der Waals surface area (Å²) in [5, 5.41) is 29.4. The second-order valence-corrected chi connectivity index (χ2v) is 5.25. The Kier molecular flexibility index (Phi) is 10.6. The molecule has 0 spiro atoms. The molecule has 18 heavy (non-hydrogen) atoms. The van der Waals surface area contributed by atoms with Crippen molar-refractivity contribution in [2.24, 2.45) is 0 Å². The maximum atomic E-state index is 11.1. The number of hydrogen-bond donors (Lipinski definition) is 2. The molecule has 4 heteroatoms. The lowest BCUT2D eigenvalue weighted by Gasteiger charge is -2.37. The lowest BCUT2D eigenvalue weighted by molar-refractivity contribution is -0.233. The van der Waals surface area contributed by atoms with E-state index in [2.05, 4.69) is 6.92 Å². The van der Waals surface area contributed by atoms with E-state index in [1.807, 2.05) is 0 Å². The molecule has 0 fully saturated rings. The van der Waals surface area contributed by atoms with Crippen molar-refractivity contribution in [2.45, 2.75) is 84.0 Å². The zero-order valence-corrected chi connectivity index (χ0v) is 12.0. The summed E-state index contributed by atoms with van der Waals surface area (Å²) >= 11 is 0. The fourth-order valence-corrected chi connectivity index (χ4v) is 1.95. The highest BCUT2D eigenvalue weighted by Crippen LogP contribution is 2.12. The van der Waals surface area contributed by atoms with Crippen LogP contribution in [-0.4, -0.2) is 27.7 Å². The molecule has 0 bridgehead atoms. The number of rotatable bonds is 12. The van der Waals surface area contributed by atoms with Crippen LogP contribution in [0.5, 0.6) is 0 Å². The molecule has 0 aromatic rings. The summed E-state index contributed by atoms with van der Waals surface area (Å²) in [6, 6.07) is 0. The predicted molar refractivity (Wildman–Crippen MR) is 74.8 cm³/mol. The number of nitrogens with zero attached hydrogens (tertiary/aromatic N) is 1. The van der Waals surface area contributed by atoms with Crippen LogP contribution < -0.4 is 0 Å². The fourth-order valence-electron chi connectivity index (χ4n) is 1.95. The molecule has 4 nitrogen and oxygen atoms in total. The maximum Gasteiger partial charge on any atom is 0.210 e. The lowest BCUT2D eigenvalue weighted by atomic mass is 10.1. The van der Waals surface area contributed by atoms with E-state index in [1.165, 1.54) is 44.9 Å². The predicted octanol–water partition coefficient (Wildman–Crippen LogP) is 3.37. The second-order valence-electron chi connectivity index (χ2n) is 5.25. The first kappa shape index (κ1) is 17.8. The van der Waals surface area contributed by atoms with Gasteiger partial charge in [-0.3, -0.25) is 0 Å². The quantitative estimate of drug-likeness (QED) is 0.321. The highest BCUT2D eigenvalue weighted by Gasteiger charge is 2.15. The number of unbranched alkanes of at least 4 members (excludes halogenated alkanes) is 9. The highest BCUT2D eigenvalue weighted by molar-refractivity contribution is 4.63. The average Bonchev–Trinajstić information content (AvgIpc) is 2.30. The van der Waals surface area contributed by atoms with E-state index in [9.17, 15) is 5.21 Å². The Morgan fingerprint density at radius 3 is 1.61 bits per heavy atom. The van der Waals surface area contributed by atoms with Gasteiger partial charge in [0.1, 0.15) is 0 Å². The van der Waals surface area contributed by atoms with Crippen molar-refractivity contribution in [2.75, 3.05) is 6.54 Å². The molecule has 0 saturated heterocycles. The summed E-state index contributed by atoms with van der Waals surface area (Å²) in [6.07, 6.45) is 12.0. The highest BCUT2D eigenvalue weighted by atomic mass is 16.6. The standard InChI is InChI=1S/C14H30NO3/c1-3-4-5-6-7-8-9-10-11-12-13-15(18)14(2,16)17/h16-17H,3-13H2,1-2H3/q-1. The van der Waals surface area contributed by atoms with Gasteiger partial charge in [0.05, 0.1) is 0 Å². The number of hydrogen-bond acceptors (Lipinski definition) is 4. The Balaban J connectivity index is 3.17. The van der Waals surface area contributed by atoms with Gasteiger partial charge in [0.25, 0.3) is 0 Å². The van der Waals surface area contributed by atoms with Crippen molar-refractivity contribution in [3.63, 3.8) is 0 Å². The molecule has 0 heterocycles. The summed E-state index contributed by atoms with van der Waals surface area (Å²) in [6.45, 7) is 3.51. The summed E-state index contributed by atoms with van der Waals surface area (Å²) in [5.74, 6) is -2.22. The molecule has 0 rings (SSSR count). The molecular weight excluding hydrogens is 230 g/mol. The van der Waals surface area contributed by atoms with Crippen LogP contribution in [0.3, 0.4) is 0 Å². The van der Waals surface area contributed by atoms with Crippen molar-refractivity contribution in [3.8, 4) is 0 Å². The van der Waals surface area contributed by atoms with Crippen molar-refractivity contribution in [3.05, 3.63) is 5.21 Å². The number of hydroxylamine groups is 2. The molecule has 0 saturated carbocycles. The minimum absolute atomic E-state index is 0.194. The molecule has 0 amide bonds. The van der Waals surface area contributed by atoms with Crippen LogP contribution in [0.2, 0.25) is 0 Å². The van der Waals surface area contributed by atoms with Gasteiger partial charge in [-0.25, -0.2) is 0 Å². The first-order chi connectivity index (χ1) is 8.48. The second kappa shape index (κ2) is 10.7. The third kappa shape index (κ3) is 11.0. The maximum absolute atomic E-state index is 11.1. The third-order valence-electron chi connectivity index (χ3n) is 3.19. The van der Waals surface area contributed by atoms with Gasteiger partial charge < -0.3 is 20.5 Å². The topological polar surface area (TPSA) is 66.8 Å². The zero-order chi connectivity index (χ0) is 13.9. The van der Waals surface area contributed by atoms with Crippen LogP contribution in [0.1, 0.15) is 78.1 Å². The molecule has 0 aliphatic rings. The Morgan fingerprint density at radius 1 is 0.833 bits per heavy atom. The van der Waals surface area contributed by atoms with Gasteiger partial charge in [-0.05, 0) is 13.0 Å². The van der Waals surface area contributed by atoms with Crippen LogP contribution in [0.4, 0.5) is 0 Å². The smallest absolute Gasteiger partial charge is 0.210 e. The minimum Gasteiger partial charge on any atom is -0.781 e. The Bertz CT molecular complexity index is 180. The van der Waals surface area contributed by atoms with Crippen LogP contribution >= 0.6 is 0 Å². The molecule has 0 aliphatic carbocycles. The first-order valence-electron chi connectivity index (χ1n) is 7.38. The molecule has 0 radical (unpaired) electrons. The summed E-state index contributed by atoms with van der Waals surface area (Å²) in [7, 11) is 0. The molecule has 0 aliphatic heterocycles. The minimum atomic E-state index is -2.22. The summed E-state index contributed by atoms with van der Waals surface area (Å²) in [4.78, 5) is 0. The van der Waals surface area contributed by atoms with Gasteiger partial charge in [0.2, 0.25) is 5.91 Å². The van der Waals surface area contributed by atoms with Crippen molar-refractivity contribution < 1.29 is 10.2 Å². The monoisotopic (exact) mass is 260 g/mol. The summed E-state index contributed by atoms with van der Waals surface area (Å²) < 4.78 is 0. The Morgan fingerprint density at radius 2 is 1.22 bits per heavy atom. The summed E-state index contributed by atoms with van der Waals surface area (Å²) in [5.41, 5.74) is 0. The molecule has 2 N–H and O–H groups in total. The first-order valence-corrected chi connectivity index (χ1v) is 7.38. The van der Waals surface area contributed by atoms with Gasteiger partial charge in [-0.15, -0.1) is 0 Å². The largest absolute Gasteiger partial charge is 0.781 e. The van der Waals surface area contributed by atoms with Gasteiger partial charge in [-0.2, -0.15) is 0 Å². The van der Waals surface area contributed by atoms with E-state index in [1.54, 1.807) is 0 Å². The van der Waals surface area contributed by atoms with E-state index < -0.39 is 5.91 Å². The van der Waals surface area contributed by atoms with Crippen molar-refractivity contribution >= 4 is 0 Å². The molecule has 0 atom stereocenters. The van der Waals surface area contributed by atoms with Gasteiger partial charge in [0, 0.05) is 6.92 Å². The number of aliphatic hydroxyl groups is 2. The van der Waals surface area contributed by atoms with Gasteiger partial charge in [0.15, 0.2) is 0 Å². The van der Waals surface area contributed by atoms with E-state index in [4.69, 9.17) is 10.2 Å². The van der Waals surface area contributed by atoms with Crippen LogP contribution in [0.15, 0.2) is 0 Å². The molecular formula is C14H30NO3-. The van der Waals surface area contributed by atoms with E-state index in [-0.39, 0.29) is 6.54 Å². The van der Waals surface area contributed by atoms with E-state index in [0.29, 0.717) is 5.06 Å². The van der Waals surface area contributed by atoms with Gasteiger partial charge in [-0.1, -0.05) is 64.7 Å². The van der Waals surface area contributed by atoms with Crippen LogP contribution in [0, 0.1) is 5.21 Å². The molecule has 0 aromatic carbocycles. The van der Waals surface area contributed by atoms with Crippen molar-refractivity contribution in [1.82, 2.24) is 5.06 Å². The molecule has 0 unspecified atom stereocenters. The Hall–Kier alpha value is -0.160. The van der Waals surface area contributed by atoms with Crippen molar-refractivity contribution in [1.29, 1.82) is 0 Å². The SMILES string of the molecule is CCCCCCCCCCCCN([O-])C(C)(O)O. The third-order valence-corrected chi connectivity index (χ3v) is 3.19.